The zero-order chi connectivity index (χ0) is 14.2. The number of ether oxygens (including phenoxy) is 2. The van der Waals surface area contributed by atoms with E-state index in [0.29, 0.717) is 36.5 Å². The van der Waals surface area contributed by atoms with Gasteiger partial charge in [0.1, 0.15) is 17.7 Å². The molecule has 0 aromatic heterocycles. The van der Waals surface area contributed by atoms with E-state index in [4.69, 9.17) is 4.74 Å². The van der Waals surface area contributed by atoms with Crippen LogP contribution in [0.3, 0.4) is 0 Å². The largest absolute Gasteiger partial charge is 0.573 e. The first-order chi connectivity index (χ1) is 9.54. The summed E-state index contributed by atoms with van der Waals surface area (Å²) < 4.78 is 47.0. The van der Waals surface area contributed by atoms with Gasteiger partial charge in [-0.2, -0.15) is 0 Å². The number of nitrogens with one attached hydrogen (secondary N) is 1. The number of benzene rings is 1. The number of fused-ring (bicyclic) bond motifs is 1. The standard InChI is InChI=1S/C13H13F3N2O2/c14-13(15,16)20-10-3-1-2-9-8(10)4-7-19-11(9)12-17-5-6-18-12/h1-3,11H,4-7H2,(H,17,18). The van der Waals surface area contributed by atoms with Crippen LogP contribution >= 0.6 is 0 Å². The van der Waals surface area contributed by atoms with E-state index in [1.54, 1.807) is 6.07 Å². The van der Waals surface area contributed by atoms with Crippen LogP contribution in [0.2, 0.25) is 0 Å². The summed E-state index contributed by atoms with van der Waals surface area (Å²) in [7, 11) is 0. The first-order valence-electron chi connectivity index (χ1n) is 6.32. The van der Waals surface area contributed by atoms with Crippen LogP contribution in [0.1, 0.15) is 17.2 Å². The van der Waals surface area contributed by atoms with Crippen LogP contribution in [0, 0.1) is 0 Å². The summed E-state index contributed by atoms with van der Waals surface area (Å²) in [6.45, 7) is 1.73. The van der Waals surface area contributed by atoms with Crippen LogP contribution in [0.15, 0.2) is 23.2 Å². The highest BCUT2D eigenvalue weighted by atomic mass is 19.4. The van der Waals surface area contributed by atoms with Gasteiger partial charge in [-0.15, -0.1) is 13.2 Å². The number of hydrogen-bond donors (Lipinski definition) is 1. The minimum atomic E-state index is -4.69. The van der Waals surface area contributed by atoms with Crippen molar-refractivity contribution >= 4 is 5.84 Å². The zero-order valence-corrected chi connectivity index (χ0v) is 10.5. The summed E-state index contributed by atoms with van der Waals surface area (Å²) in [6, 6.07) is 4.63. The molecule has 2 aliphatic heterocycles. The highest BCUT2D eigenvalue weighted by Gasteiger charge is 2.35. The van der Waals surface area contributed by atoms with E-state index in [-0.39, 0.29) is 5.75 Å². The Morgan fingerprint density at radius 1 is 1.35 bits per heavy atom. The molecule has 1 unspecified atom stereocenters. The maximum absolute atomic E-state index is 12.4. The summed E-state index contributed by atoms with van der Waals surface area (Å²) in [5.74, 6) is 0.525. The summed E-state index contributed by atoms with van der Waals surface area (Å²) in [5.41, 5.74) is 1.23. The van der Waals surface area contributed by atoms with Crippen molar-refractivity contribution in [3.63, 3.8) is 0 Å². The summed E-state index contributed by atoms with van der Waals surface area (Å²) in [6.07, 6.45) is -4.73. The molecule has 0 saturated heterocycles. The zero-order valence-electron chi connectivity index (χ0n) is 10.5. The molecule has 0 fully saturated rings. The fourth-order valence-corrected chi connectivity index (χ4v) is 2.50. The van der Waals surface area contributed by atoms with Gasteiger partial charge in [0.2, 0.25) is 0 Å². The van der Waals surface area contributed by atoms with Crippen LogP contribution < -0.4 is 10.1 Å². The average molecular weight is 286 g/mol. The lowest BCUT2D eigenvalue weighted by Gasteiger charge is -2.27. The van der Waals surface area contributed by atoms with Crippen LogP contribution in [0.25, 0.3) is 0 Å². The molecule has 3 rings (SSSR count). The Morgan fingerprint density at radius 3 is 2.90 bits per heavy atom. The van der Waals surface area contributed by atoms with Gasteiger partial charge in [0, 0.05) is 12.1 Å². The molecular formula is C13H13F3N2O2. The smallest absolute Gasteiger partial charge is 0.405 e. The second kappa shape index (κ2) is 4.97. The molecule has 20 heavy (non-hydrogen) atoms. The molecule has 1 aromatic carbocycles. The van der Waals surface area contributed by atoms with Crippen LogP contribution in [0.4, 0.5) is 13.2 Å². The number of halogens is 3. The fraction of sp³-hybridized carbons (Fsp3) is 0.462. The monoisotopic (exact) mass is 286 g/mol. The van der Waals surface area contributed by atoms with Gasteiger partial charge in [0.15, 0.2) is 0 Å². The van der Waals surface area contributed by atoms with E-state index < -0.39 is 12.5 Å². The molecule has 0 saturated carbocycles. The third-order valence-corrected chi connectivity index (χ3v) is 3.26. The van der Waals surface area contributed by atoms with E-state index >= 15 is 0 Å². The first kappa shape index (κ1) is 13.2. The highest BCUT2D eigenvalue weighted by Crippen LogP contribution is 2.36. The van der Waals surface area contributed by atoms with Gasteiger partial charge < -0.3 is 14.8 Å². The summed E-state index contributed by atoms with van der Waals surface area (Å²) in [5, 5.41) is 3.10. The topological polar surface area (TPSA) is 42.9 Å². The molecule has 1 atom stereocenters. The molecule has 0 aliphatic carbocycles. The molecule has 4 nitrogen and oxygen atoms in total. The second-order valence-corrected chi connectivity index (χ2v) is 4.57. The number of amidine groups is 1. The number of alkyl halides is 3. The summed E-state index contributed by atoms with van der Waals surface area (Å²) >= 11 is 0. The molecular weight excluding hydrogens is 273 g/mol. The van der Waals surface area contributed by atoms with Crippen molar-refractivity contribution in [2.75, 3.05) is 19.7 Å². The number of nitrogens with zero attached hydrogens (tertiary/aromatic N) is 1. The lowest BCUT2D eigenvalue weighted by molar-refractivity contribution is -0.275. The van der Waals surface area contributed by atoms with Gasteiger partial charge >= 0.3 is 6.36 Å². The van der Waals surface area contributed by atoms with E-state index in [1.165, 1.54) is 12.1 Å². The Morgan fingerprint density at radius 2 is 2.20 bits per heavy atom. The number of rotatable bonds is 2. The number of aliphatic imine (C=N–C) groups is 1. The Kier molecular flexibility index (Phi) is 3.29. The van der Waals surface area contributed by atoms with Crippen molar-refractivity contribution < 1.29 is 22.6 Å². The Hall–Kier alpha value is -1.76. The van der Waals surface area contributed by atoms with Crippen molar-refractivity contribution in [3.05, 3.63) is 29.3 Å². The molecule has 0 bridgehead atoms. The van der Waals surface area contributed by atoms with Gasteiger partial charge in [-0.3, -0.25) is 4.99 Å². The number of hydrogen-bond acceptors (Lipinski definition) is 4. The van der Waals surface area contributed by atoms with E-state index in [1.807, 2.05) is 0 Å². The molecule has 2 aliphatic rings. The highest BCUT2D eigenvalue weighted by molar-refractivity contribution is 5.89. The Bertz CT molecular complexity index is 543. The normalized spacial score (nSPS) is 21.9. The molecule has 1 N–H and O–H groups in total. The Balaban J connectivity index is 1.96. The SMILES string of the molecule is FC(F)(F)Oc1cccc2c1CCOC2C1=NCCN1. The predicted molar refractivity (Wildman–Crippen MR) is 65.8 cm³/mol. The molecule has 0 amide bonds. The molecule has 0 spiro atoms. The minimum Gasteiger partial charge on any atom is -0.405 e. The Labute approximate surface area is 113 Å². The van der Waals surface area contributed by atoms with E-state index in [9.17, 15) is 13.2 Å². The third kappa shape index (κ3) is 2.58. The van der Waals surface area contributed by atoms with Gasteiger partial charge in [-0.05, 0) is 18.1 Å². The van der Waals surface area contributed by atoms with Crippen molar-refractivity contribution in [2.45, 2.75) is 18.9 Å². The van der Waals surface area contributed by atoms with Crippen LogP contribution in [-0.4, -0.2) is 31.9 Å². The molecule has 0 radical (unpaired) electrons. The summed E-state index contributed by atoms with van der Waals surface area (Å²) in [4.78, 5) is 4.28. The first-order valence-corrected chi connectivity index (χ1v) is 6.32. The predicted octanol–water partition coefficient (Wildman–Crippen LogP) is 2.20. The molecule has 1 aromatic rings. The average Bonchev–Trinajstić information content (AvgIpc) is 2.90. The lowest BCUT2D eigenvalue weighted by atomic mass is 9.96. The maximum atomic E-state index is 12.4. The minimum absolute atomic E-state index is 0.151. The fourth-order valence-electron chi connectivity index (χ4n) is 2.50. The van der Waals surface area contributed by atoms with Crippen molar-refractivity contribution in [2.24, 2.45) is 4.99 Å². The molecule has 2 heterocycles. The quantitative estimate of drug-likeness (QED) is 0.906. The van der Waals surface area contributed by atoms with Crippen molar-refractivity contribution in [1.82, 2.24) is 5.32 Å². The third-order valence-electron chi connectivity index (χ3n) is 3.26. The molecule has 108 valence electrons. The van der Waals surface area contributed by atoms with Gasteiger partial charge in [0.25, 0.3) is 0 Å². The van der Waals surface area contributed by atoms with Gasteiger partial charge in [0.05, 0.1) is 13.2 Å². The van der Waals surface area contributed by atoms with E-state index in [2.05, 4.69) is 15.0 Å². The van der Waals surface area contributed by atoms with E-state index in [0.717, 1.165) is 6.54 Å². The van der Waals surface area contributed by atoms with Crippen LogP contribution in [0.5, 0.6) is 5.75 Å². The van der Waals surface area contributed by atoms with Gasteiger partial charge in [-0.25, -0.2) is 0 Å². The molecule has 7 heteroatoms. The lowest BCUT2D eigenvalue weighted by Crippen LogP contribution is -2.31. The maximum Gasteiger partial charge on any atom is 0.573 e. The van der Waals surface area contributed by atoms with Gasteiger partial charge in [-0.1, -0.05) is 12.1 Å². The van der Waals surface area contributed by atoms with Crippen molar-refractivity contribution in [1.29, 1.82) is 0 Å². The van der Waals surface area contributed by atoms with Crippen LogP contribution in [-0.2, 0) is 11.2 Å². The second-order valence-electron chi connectivity index (χ2n) is 4.57. The van der Waals surface area contributed by atoms with Crippen molar-refractivity contribution in [3.8, 4) is 5.75 Å².